The van der Waals surface area contributed by atoms with Crippen LogP contribution in [-0.4, -0.2) is 30.4 Å². The number of nitrogens with zero attached hydrogens (tertiary/aromatic N) is 2. The highest BCUT2D eigenvalue weighted by Gasteiger charge is 2.40. The van der Waals surface area contributed by atoms with E-state index in [2.05, 4.69) is 19.8 Å². The standard InChI is InChI=1S/C32H26F4N2O3S/c1-39-23-13-7-20(8-14-23)27-18-42-32-37-28-22(17-19-5-11-24(12-6-19)40-30(33)34)3-2-4-26(28)29(38(27)32)21-9-15-25(16-10-21)41-31(35)36/h5-18,29-31H,2-4H2,1H3/b22-17+. The fourth-order valence-corrected chi connectivity index (χ4v) is 6.39. The van der Waals surface area contributed by atoms with Crippen LogP contribution in [0.3, 0.4) is 0 Å². The van der Waals surface area contributed by atoms with Gasteiger partial charge in [0.25, 0.3) is 0 Å². The molecule has 2 aliphatic heterocycles. The molecule has 3 aromatic rings. The van der Waals surface area contributed by atoms with Crippen molar-refractivity contribution in [2.75, 3.05) is 7.11 Å². The number of methoxy groups -OCH3 is 1. The fraction of sp³-hybridized carbons (Fsp3) is 0.219. The van der Waals surface area contributed by atoms with Crippen LogP contribution < -0.4 is 14.2 Å². The van der Waals surface area contributed by atoms with Crippen LogP contribution in [0.15, 0.2) is 100 Å². The summed E-state index contributed by atoms with van der Waals surface area (Å²) in [6, 6.07) is 20.9. The van der Waals surface area contributed by atoms with Gasteiger partial charge in [-0.25, -0.2) is 4.99 Å². The summed E-state index contributed by atoms with van der Waals surface area (Å²) in [5.74, 6) is 0.950. The van der Waals surface area contributed by atoms with E-state index in [4.69, 9.17) is 9.73 Å². The molecule has 0 radical (unpaired) electrons. The molecule has 0 saturated heterocycles. The van der Waals surface area contributed by atoms with Crippen molar-refractivity contribution in [2.24, 2.45) is 4.99 Å². The molecular weight excluding hydrogens is 568 g/mol. The summed E-state index contributed by atoms with van der Waals surface area (Å²) in [6.45, 7) is -5.78. The zero-order chi connectivity index (χ0) is 29.2. The van der Waals surface area contributed by atoms with Gasteiger partial charge in [0.1, 0.15) is 17.2 Å². The minimum absolute atomic E-state index is 0.0952. The molecule has 0 fully saturated rings. The number of benzene rings is 3. The molecule has 1 unspecified atom stereocenters. The average molecular weight is 595 g/mol. The first-order chi connectivity index (χ1) is 20.4. The Morgan fingerprint density at radius 2 is 1.45 bits per heavy atom. The van der Waals surface area contributed by atoms with E-state index in [0.29, 0.717) is 0 Å². The molecule has 1 aliphatic carbocycles. The van der Waals surface area contributed by atoms with Crippen molar-refractivity contribution in [1.29, 1.82) is 0 Å². The predicted molar refractivity (Wildman–Crippen MR) is 156 cm³/mol. The molecule has 3 aliphatic rings. The number of hydrogen-bond donors (Lipinski definition) is 0. The van der Waals surface area contributed by atoms with Gasteiger partial charge in [-0.15, -0.1) is 0 Å². The summed E-state index contributed by atoms with van der Waals surface area (Å²) in [5.41, 5.74) is 6.83. The van der Waals surface area contributed by atoms with Crippen molar-refractivity contribution < 1.29 is 31.8 Å². The number of rotatable bonds is 8. The number of aliphatic imine (C=N–C) groups is 1. The van der Waals surface area contributed by atoms with Crippen LogP contribution in [0.2, 0.25) is 0 Å². The number of hydrogen-bond acceptors (Lipinski definition) is 6. The molecule has 0 N–H and O–H groups in total. The zero-order valence-corrected chi connectivity index (χ0v) is 23.3. The number of thioether (sulfide) groups is 1. The lowest BCUT2D eigenvalue weighted by atomic mass is 9.82. The Labute approximate surface area is 244 Å². The first kappa shape index (κ1) is 28.0. The summed E-state index contributed by atoms with van der Waals surface area (Å²) in [5, 5.41) is 2.89. The highest BCUT2D eigenvalue weighted by Crippen LogP contribution is 2.51. The summed E-state index contributed by atoms with van der Waals surface area (Å²) < 4.78 is 65.3. The second-order valence-corrected chi connectivity index (χ2v) is 10.6. The Bertz CT molecular complexity index is 1570. The van der Waals surface area contributed by atoms with E-state index in [-0.39, 0.29) is 17.5 Å². The van der Waals surface area contributed by atoms with Gasteiger partial charge in [-0.3, -0.25) is 0 Å². The average Bonchev–Trinajstić information content (AvgIpc) is 3.41. The summed E-state index contributed by atoms with van der Waals surface area (Å²) >= 11 is 1.53. The first-order valence-electron chi connectivity index (χ1n) is 13.3. The van der Waals surface area contributed by atoms with E-state index in [1.165, 1.54) is 23.9 Å². The molecule has 0 aromatic heterocycles. The van der Waals surface area contributed by atoms with E-state index in [1.54, 1.807) is 31.4 Å². The van der Waals surface area contributed by atoms with Gasteiger partial charge in [0.05, 0.1) is 24.5 Å². The minimum Gasteiger partial charge on any atom is -0.497 e. The molecule has 5 nitrogen and oxygen atoms in total. The second-order valence-electron chi connectivity index (χ2n) is 9.81. The molecule has 6 rings (SSSR count). The molecule has 1 atom stereocenters. The lowest BCUT2D eigenvalue weighted by molar-refractivity contribution is -0.0505. The van der Waals surface area contributed by atoms with Crippen LogP contribution in [0.1, 0.15) is 42.0 Å². The van der Waals surface area contributed by atoms with Crippen LogP contribution in [0.5, 0.6) is 17.2 Å². The van der Waals surface area contributed by atoms with Crippen molar-refractivity contribution in [3.63, 3.8) is 0 Å². The zero-order valence-electron chi connectivity index (χ0n) is 22.5. The van der Waals surface area contributed by atoms with Gasteiger partial charge < -0.3 is 19.1 Å². The Morgan fingerprint density at radius 3 is 2.07 bits per heavy atom. The van der Waals surface area contributed by atoms with E-state index in [9.17, 15) is 17.6 Å². The largest absolute Gasteiger partial charge is 0.497 e. The van der Waals surface area contributed by atoms with Gasteiger partial charge >= 0.3 is 13.2 Å². The third-order valence-electron chi connectivity index (χ3n) is 7.29. The summed E-state index contributed by atoms with van der Waals surface area (Å²) in [4.78, 5) is 7.34. The molecule has 0 bridgehead atoms. The topological polar surface area (TPSA) is 43.3 Å². The molecule has 2 heterocycles. The molecule has 42 heavy (non-hydrogen) atoms. The van der Waals surface area contributed by atoms with E-state index >= 15 is 0 Å². The van der Waals surface area contributed by atoms with Gasteiger partial charge in [0.2, 0.25) is 0 Å². The van der Waals surface area contributed by atoms with Gasteiger partial charge in [-0.1, -0.05) is 36.0 Å². The summed E-state index contributed by atoms with van der Waals surface area (Å²) in [7, 11) is 1.63. The van der Waals surface area contributed by atoms with Crippen molar-refractivity contribution in [3.05, 3.63) is 112 Å². The fourth-order valence-electron chi connectivity index (χ4n) is 5.47. The molecule has 3 aromatic carbocycles. The van der Waals surface area contributed by atoms with Crippen LogP contribution in [-0.2, 0) is 0 Å². The van der Waals surface area contributed by atoms with Gasteiger partial charge in [-0.2, -0.15) is 17.6 Å². The second kappa shape index (κ2) is 12.0. The maximum atomic E-state index is 12.8. The smallest absolute Gasteiger partial charge is 0.387 e. The highest BCUT2D eigenvalue weighted by atomic mass is 32.2. The molecular formula is C32H26F4N2O3S. The lowest BCUT2D eigenvalue weighted by Gasteiger charge is -2.40. The third-order valence-corrected chi connectivity index (χ3v) is 8.13. The van der Waals surface area contributed by atoms with Gasteiger partial charge in [0.15, 0.2) is 5.17 Å². The molecule has 10 heteroatoms. The maximum Gasteiger partial charge on any atom is 0.387 e. The van der Waals surface area contributed by atoms with Crippen molar-refractivity contribution in [1.82, 2.24) is 4.90 Å². The number of amidine groups is 1. The Morgan fingerprint density at radius 1 is 0.833 bits per heavy atom. The SMILES string of the molecule is COc1ccc(C2=CSC3=NC4=C(CCC/C4=C\c4ccc(OC(F)F)cc4)C(c4ccc(OC(F)F)cc4)N23)cc1. The Balaban J connectivity index is 1.41. The van der Waals surface area contributed by atoms with Crippen molar-refractivity contribution in [3.8, 4) is 17.2 Å². The Hall–Kier alpha value is -4.18. The molecule has 0 saturated carbocycles. The minimum atomic E-state index is -2.90. The number of allylic oxidation sites excluding steroid dienone is 1. The van der Waals surface area contributed by atoms with Crippen LogP contribution in [0, 0.1) is 0 Å². The number of halogens is 4. The molecule has 216 valence electrons. The van der Waals surface area contributed by atoms with E-state index in [1.807, 2.05) is 42.5 Å². The number of fused-ring (bicyclic) bond motifs is 1. The first-order valence-corrected chi connectivity index (χ1v) is 14.2. The third kappa shape index (κ3) is 5.76. The normalized spacial score (nSPS) is 19.1. The summed E-state index contributed by atoms with van der Waals surface area (Å²) in [6.07, 6.45) is 4.55. The van der Waals surface area contributed by atoms with E-state index in [0.717, 1.165) is 69.4 Å². The number of ether oxygens (including phenoxy) is 3. The van der Waals surface area contributed by atoms with Crippen LogP contribution in [0.4, 0.5) is 17.6 Å². The monoisotopic (exact) mass is 594 g/mol. The molecule has 0 spiro atoms. The van der Waals surface area contributed by atoms with Crippen LogP contribution >= 0.6 is 11.8 Å². The van der Waals surface area contributed by atoms with Crippen molar-refractivity contribution in [2.45, 2.75) is 38.5 Å². The highest BCUT2D eigenvalue weighted by molar-refractivity contribution is 8.16. The quantitative estimate of drug-likeness (QED) is 0.244. The Kier molecular flexibility index (Phi) is 7.97. The number of alkyl halides is 4. The van der Waals surface area contributed by atoms with Crippen molar-refractivity contribution >= 4 is 28.7 Å². The van der Waals surface area contributed by atoms with Gasteiger partial charge in [0, 0.05) is 5.41 Å². The van der Waals surface area contributed by atoms with E-state index < -0.39 is 13.2 Å². The molecule has 0 amide bonds. The lowest BCUT2D eigenvalue weighted by Crippen LogP contribution is -2.34. The maximum absolute atomic E-state index is 12.8. The van der Waals surface area contributed by atoms with Crippen LogP contribution in [0.25, 0.3) is 11.8 Å². The van der Waals surface area contributed by atoms with Gasteiger partial charge in [-0.05, 0) is 102 Å². The predicted octanol–water partition coefficient (Wildman–Crippen LogP) is 8.88.